The van der Waals surface area contributed by atoms with Gasteiger partial charge in [0, 0.05) is 35.3 Å². The second-order valence-electron chi connectivity index (χ2n) is 4.35. The van der Waals surface area contributed by atoms with E-state index in [9.17, 15) is 13.2 Å². The Hall–Kier alpha value is -0.910. The molecule has 0 N–H and O–H groups in total. The number of benzene rings is 1. The van der Waals surface area contributed by atoms with Crippen molar-refractivity contribution in [1.29, 1.82) is 0 Å². The summed E-state index contributed by atoms with van der Waals surface area (Å²) in [7, 11) is 1.62. The number of ketones is 1. The van der Waals surface area contributed by atoms with Gasteiger partial charge in [0.25, 0.3) is 9.24 Å². The van der Waals surface area contributed by atoms with E-state index in [1.165, 1.54) is 4.31 Å². The van der Waals surface area contributed by atoms with Crippen LogP contribution in [-0.2, 0) is 9.24 Å². The first-order valence-electron chi connectivity index (χ1n) is 5.77. The number of Topliss-reactive ketones (excluding diaryl/α,β-unsaturated/α-hetero) is 1. The lowest BCUT2D eigenvalue weighted by atomic mass is 9.90. The maximum atomic E-state index is 12.2. The Morgan fingerprint density at radius 1 is 1.17 bits per heavy atom. The van der Waals surface area contributed by atoms with E-state index in [2.05, 4.69) is 0 Å². The first kappa shape index (κ1) is 13.5. The Morgan fingerprint density at radius 2 is 1.72 bits per heavy atom. The van der Waals surface area contributed by atoms with Gasteiger partial charge in [-0.25, -0.2) is 0 Å². The zero-order chi connectivity index (χ0) is 13.2. The van der Waals surface area contributed by atoms with Gasteiger partial charge in [-0.2, -0.15) is 12.7 Å². The molecule has 0 radical (unpaired) electrons. The van der Waals surface area contributed by atoms with E-state index >= 15 is 0 Å². The highest BCUT2D eigenvalue weighted by molar-refractivity contribution is 8.11. The molecule has 0 aromatic heterocycles. The summed E-state index contributed by atoms with van der Waals surface area (Å²) in [5.41, 5.74) is 0.685. The zero-order valence-electron chi connectivity index (χ0n) is 9.75. The van der Waals surface area contributed by atoms with Gasteiger partial charge < -0.3 is 0 Å². The summed E-state index contributed by atoms with van der Waals surface area (Å²) >= 11 is 0. The van der Waals surface area contributed by atoms with E-state index in [0.717, 1.165) is 0 Å². The molecule has 0 amide bonds. The Morgan fingerprint density at radius 3 is 2.22 bits per heavy atom. The van der Waals surface area contributed by atoms with Gasteiger partial charge in [-0.1, -0.05) is 30.3 Å². The molecule has 1 aromatic carbocycles. The molecule has 1 fully saturated rings. The Kier molecular flexibility index (Phi) is 4.04. The summed E-state index contributed by atoms with van der Waals surface area (Å²) < 4.78 is 23.5. The summed E-state index contributed by atoms with van der Waals surface area (Å²) in [4.78, 5) is 12.2. The number of halogens is 1. The van der Waals surface area contributed by atoms with E-state index < -0.39 is 9.24 Å². The molecule has 0 unspecified atom stereocenters. The fraction of sp³-hybridized carbons (Fsp3) is 0.417. The average molecular weight is 288 g/mol. The lowest BCUT2D eigenvalue weighted by molar-refractivity contribution is 0.0876. The van der Waals surface area contributed by atoms with Crippen LogP contribution >= 0.6 is 10.7 Å². The molecule has 0 spiro atoms. The molecule has 2 rings (SSSR count). The number of hydrogen-bond donors (Lipinski definition) is 0. The highest BCUT2D eigenvalue weighted by Crippen LogP contribution is 2.24. The van der Waals surface area contributed by atoms with Crippen LogP contribution in [-0.4, -0.2) is 31.6 Å². The molecule has 1 saturated heterocycles. The normalized spacial score (nSPS) is 18.7. The smallest absolute Gasteiger partial charge is 0.294 e. The van der Waals surface area contributed by atoms with Crippen LogP contribution in [0.15, 0.2) is 30.3 Å². The van der Waals surface area contributed by atoms with E-state index in [1.807, 2.05) is 18.2 Å². The summed E-state index contributed by atoms with van der Waals surface area (Å²) in [5.74, 6) is -0.0238. The first-order valence-corrected chi connectivity index (χ1v) is 8.04. The minimum Gasteiger partial charge on any atom is -0.294 e. The minimum atomic E-state index is -3.65. The van der Waals surface area contributed by atoms with Gasteiger partial charge in [0.2, 0.25) is 0 Å². The molecule has 1 aliphatic rings. The fourth-order valence-corrected chi connectivity index (χ4v) is 3.24. The van der Waals surface area contributed by atoms with Crippen molar-refractivity contribution < 1.29 is 13.2 Å². The number of piperidine rings is 1. The van der Waals surface area contributed by atoms with Crippen LogP contribution in [0, 0.1) is 5.92 Å². The first-order chi connectivity index (χ1) is 8.48. The Bertz CT molecular complexity index is 522. The molecule has 0 bridgehead atoms. The molecular weight excluding hydrogens is 274 g/mol. The second-order valence-corrected chi connectivity index (χ2v) is 6.86. The third-order valence-electron chi connectivity index (χ3n) is 3.19. The molecular formula is C12H14ClNO3S. The number of nitrogens with zero attached hydrogens (tertiary/aromatic N) is 1. The van der Waals surface area contributed by atoms with Crippen molar-refractivity contribution in [1.82, 2.24) is 4.31 Å². The largest absolute Gasteiger partial charge is 0.299 e. The third kappa shape index (κ3) is 3.10. The molecule has 1 aliphatic heterocycles. The number of hydrogen-bond acceptors (Lipinski definition) is 3. The van der Waals surface area contributed by atoms with Crippen LogP contribution in [0.25, 0.3) is 0 Å². The van der Waals surface area contributed by atoms with Gasteiger partial charge in [0.1, 0.15) is 0 Å². The van der Waals surface area contributed by atoms with E-state index in [4.69, 9.17) is 10.7 Å². The van der Waals surface area contributed by atoms with Crippen molar-refractivity contribution in [2.75, 3.05) is 13.1 Å². The average Bonchev–Trinajstić information content (AvgIpc) is 2.38. The van der Waals surface area contributed by atoms with Gasteiger partial charge >= 0.3 is 0 Å². The number of carbonyl (C=O) groups is 1. The van der Waals surface area contributed by atoms with Crippen LogP contribution in [0.1, 0.15) is 23.2 Å². The third-order valence-corrected chi connectivity index (χ3v) is 4.76. The topological polar surface area (TPSA) is 54.5 Å². The molecule has 1 heterocycles. The summed E-state index contributed by atoms with van der Waals surface area (Å²) in [6, 6.07) is 9.08. The molecule has 98 valence electrons. The van der Waals surface area contributed by atoms with Crippen molar-refractivity contribution in [2.24, 2.45) is 5.92 Å². The molecule has 6 heteroatoms. The molecule has 0 saturated carbocycles. The Balaban J connectivity index is 2.01. The summed E-state index contributed by atoms with van der Waals surface area (Å²) in [5, 5.41) is 0. The predicted molar refractivity (Wildman–Crippen MR) is 69.8 cm³/mol. The monoisotopic (exact) mass is 287 g/mol. The maximum absolute atomic E-state index is 12.2. The lowest BCUT2D eigenvalue weighted by Gasteiger charge is -2.28. The van der Waals surface area contributed by atoms with E-state index in [-0.39, 0.29) is 11.7 Å². The van der Waals surface area contributed by atoms with Crippen molar-refractivity contribution in [2.45, 2.75) is 12.8 Å². The molecule has 0 aliphatic carbocycles. The number of rotatable bonds is 3. The molecule has 1 aromatic rings. The maximum Gasteiger partial charge on any atom is 0.299 e. The number of carbonyl (C=O) groups excluding carboxylic acids is 1. The van der Waals surface area contributed by atoms with E-state index in [1.54, 1.807) is 12.1 Å². The SMILES string of the molecule is O=C(c1ccccc1)C1CCN(S(=O)(=O)Cl)CC1. The van der Waals surface area contributed by atoms with Gasteiger partial charge in [-0.05, 0) is 12.8 Å². The summed E-state index contributed by atoms with van der Waals surface area (Å²) in [6.07, 6.45) is 1.05. The standard InChI is InChI=1S/C12H14ClNO3S/c13-18(16,17)14-8-6-11(7-9-14)12(15)10-4-2-1-3-5-10/h1-5,11H,6-9H2. The predicted octanol–water partition coefficient (Wildman–Crippen LogP) is 2.06. The quantitative estimate of drug-likeness (QED) is 0.632. The van der Waals surface area contributed by atoms with Crippen molar-refractivity contribution in [3.05, 3.63) is 35.9 Å². The van der Waals surface area contributed by atoms with Crippen LogP contribution in [0.2, 0.25) is 0 Å². The molecule has 0 atom stereocenters. The van der Waals surface area contributed by atoms with Gasteiger partial charge in [-0.3, -0.25) is 4.79 Å². The van der Waals surface area contributed by atoms with Crippen LogP contribution < -0.4 is 0 Å². The van der Waals surface area contributed by atoms with Gasteiger partial charge in [0.05, 0.1) is 0 Å². The molecule has 4 nitrogen and oxygen atoms in total. The van der Waals surface area contributed by atoms with Gasteiger partial charge in [0.15, 0.2) is 5.78 Å². The lowest BCUT2D eigenvalue weighted by Crippen LogP contribution is -2.38. The van der Waals surface area contributed by atoms with Crippen LogP contribution in [0.3, 0.4) is 0 Å². The second kappa shape index (κ2) is 5.38. The van der Waals surface area contributed by atoms with Crippen LogP contribution in [0.5, 0.6) is 0 Å². The van der Waals surface area contributed by atoms with Crippen LogP contribution in [0.4, 0.5) is 0 Å². The van der Waals surface area contributed by atoms with E-state index in [0.29, 0.717) is 31.5 Å². The highest BCUT2D eigenvalue weighted by Gasteiger charge is 2.30. The van der Waals surface area contributed by atoms with Gasteiger partial charge in [-0.15, -0.1) is 0 Å². The van der Waals surface area contributed by atoms with Crippen molar-refractivity contribution in [3.63, 3.8) is 0 Å². The minimum absolute atomic E-state index is 0.0854. The summed E-state index contributed by atoms with van der Waals surface area (Å²) in [6.45, 7) is 0.629. The van der Waals surface area contributed by atoms with Crippen molar-refractivity contribution >= 4 is 25.7 Å². The van der Waals surface area contributed by atoms with Crippen molar-refractivity contribution in [3.8, 4) is 0 Å². The highest BCUT2D eigenvalue weighted by atomic mass is 35.7. The Labute approximate surface area is 111 Å². The molecule has 18 heavy (non-hydrogen) atoms. The zero-order valence-corrected chi connectivity index (χ0v) is 11.3. The fourth-order valence-electron chi connectivity index (χ4n) is 2.17.